The number of aryl methyl sites for hydroxylation is 1. The molecule has 11 heteroatoms. The fourth-order valence-corrected chi connectivity index (χ4v) is 5.28. The lowest BCUT2D eigenvalue weighted by atomic mass is 9.95. The minimum atomic E-state index is -2.97. The maximum Gasteiger partial charge on any atom is 0.261 e. The Kier molecular flexibility index (Phi) is 5.81. The van der Waals surface area contributed by atoms with Crippen LogP contribution in [0.2, 0.25) is 0 Å². The van der Waals surface area contributed by atoms with Crippen LogP contribution < -0.4 is 5.32 Å². The molecule has 5 aromatic rings. The summed E-state index contributed by atoms with van der Waals surface area (Å²) in [5, 5.41) is 23.1. The van der Waals surface area contributed by atoms with Crippen molar-refractivity contribution >= 4 is 37.9 Å². The van der Waals surface area contributed by atoms with Crippen molar-refractivity contribution in [3.05, 3.63) is 84.4 Å². The second kappa shape index (κ2) is 8.85. The van der Waals surface area contributed by atoms with Crippen LogP contribution in [0.1, 0.15) is 29.8 Å². The molecular formula is C25H25N7O3S. The van der Waals surface area contributed by atoms with Gasteiger partial charge in [-0.05, 0) is 44.2 Å². The summed E-state index contributed by atoms with van der Waals surface area (Å²) in [5.74, 6) is -0.299. The van der Waals surface area contributed by atoms with Crippen LogP contribution in [0, 0.1) is 4.78 Å². The fourth-order valence-electron chi connectivity index (χ4n) is 4.00. The Morgan fingerprint density at radius 3 is 2.72 bits per heavy atom. The Bertz CT molecular complexity index is 1680. The van der Waals surface area contributed by atoms with E-state index in [-0.39, 0.29) is 12.3 Å². The number of amides is 1. The molecule has 184 valence electrons. The number of benzene rings is 2. The number of carbonyl (C=O) groups excluding carboxylic acids is 1. The molecule has 0 aliphatic heterocycles. The molecule has 3 N–H and O–H groups in total. The highest BCUT2D eigenvalue weighted by Crippen LogP contribution is 2.32. The molecule has 0 radical (unpaired) electrons. The molecule has 0 aliphatic rings. The minimum absolute atomic E-state index is 0.106. The lowest BCUT2D eigenvalue weighted by Gasteiger charge is -2.22. The van der Waals surface area contributed by atoms with E-state index >= 15 is 0 Å². The van der Waals surface area contributed by atoms with E-state index in [2.05, 4.69) is 20.5 Å². The maximum absolute atomic E-state index is 13.1. The standard InChI is InChI=1S/C25H25N7O3S/c1-25(2,34)20-14-21-17(16-31(30-21)11-12-36(26,35)18-7-4-3-5-8-18)13-22(20)29-24(33)19-15-28-32-10-6-9-27-23(19)32/h3-10,13-16,26,34H,11-12H2,1-2H3,(H,29,33). The summed E-state index contributed by atoms with van der Waals surface area (Å²) in [6, 6.07) is 13.9. The number of hydrogen-bond donors (Lipinski definition) is 3. The van der Waals surface area contributed by atoms with Crippen LogP contribution in [-0.2, 0) is 21.9 Å². The quantitative estimate of drug-likeness (QED) is 0.310. The summed E-state index contributed by atoms with van der Waals surface area (Å²) in [5.41, 5.74) is 1.00. The second-order valence-corrected chi connectivity index (χ2v) is 11.2. The van der Waals surface area contributed by atoms with E-state index in [4.69, 9.17) is 4.78 Å². The zero-order valence-corrected chi connectivity index (χ0v) is 20.6. The summed E-state index contributed by atoms with van der Waals surface area (Å²) < 4.78 is 24.3. The van der Waals surface area contributed by atoms with Crippen molar-refractivity contribution in [1.82, 2.24) is 24.4 Å². The van der Waals surface area contributed by atoms with E-state index in [9.17, 15) is 14.1 Å². The Balaban J connectivity index is 1.45. The van der Waals surface area contributed by atoms with Crippen LogP contribution in [-0.4, -0.2) is 45.4 Å². The second-order valence-electron chi connectivity index (χ2n) is 9.00. The Hall–Kier alpha value is -4.09. The summed E-state index contributed by atoms with van der Waals surface area (Å²) in [4.78, 5) is 17.8. The van der Waals surface area contributed by atoms with E-state index in [0.29, 0.717) is 32.9 Å². The van der Waals surface area contributed by atoms with Crippen molar-refractivity contribution in [3.63, 3.8) is 0 Å². The number of aliphatic hydroxyl groups is 1. The van der Waals surface area contributed by atoms with Gasteiger partial charge in [0.15, 0.2) is 5.65 Å². The molecule has 0 fully saturated rings. The van der Waals surface area contributed by atoms with Crippen molar-refractivity contribution < 1.29 is 14.1 Å². The maximum atomic E-state index is 13.1. The van der Waals surface area contributed by atoms with E-state index < -0.39 is 21.2 Å². The average molecular weight is 504 g/mol. The summed E-state index contributed by atoms with van der Waals surface area (Å²) in [7, 11) is -2.97. The first-order valence-corrected chi connectivity index (χ1v) is 13.0. The molecule has 1 amide bonds. The van der Waals surface area contributed by atoms with Gasteiger partial charge in [-0.2, -0.15) is 10.2 Å². The molecule has 0 aliphatic carbocycles. The van der Waals surface area contributed by atoms with Crippen molar-refractivity contribution in [3.8, 4) is 0 Å². The van der Waals surface area contributed by atoms with Crippen molar-refractivity contribution in [2.75, 3.05) is 11.1 Å². The number of rotatable bonds is 7. The number of carbonyl (C=O) groups is 1. The molecule has 10 nitrogen and oxygen atoms in total. The number of hydrogen-bond acceptors (Lipinski definition) is 7. The third kappa shape index (κ3) is 4.58. The first-order valence-electron chi connectivity index (χ1n) is 11.3. The SMILES string of the molecule is CC(C)(O)c1cc2nn(CCS(=N)(=O)c3ccccc3)cc2cc1NC(=O)c1cnn2cccnc12. The molecule has 3 heterocycles. The van der Waals surface area contributed by atoms with Crippen molar-refractivity contribution in [1.29, 1.82) is 4.78 Å². The van der Waals surface area contributed by atoms with Gasteiger partial charge in [0.1, 0.15) is 5.56 Å². The zero-order chi connectivity index (χ0) is 25.5. The molecule has 2 aromatic carbocycles. The lowest BCUT2D eigenvalue weighted by Crippen LogP contribution is -2.21. The monoisotopic (exact) mass is 503 g/mol. The Morgan fingerprint density at radius 2 is 1.97 bits per heavy atom. The molecule has 0 saturated heterocycles. The predicted octanol–water partition coefficient (Wildman–Crippen LogP) is 3.66. The van der Waals surface area contributed by atoms with Gasteiger partial charge >= 0.3 is 0 Å². The van der Waals surface area contributed by atoms with Gasteiger partial charge in [-0.25, -0.2) is 18.5 Å². The van der Waals surface area contributed by atoms with Crippen LogP contribution in [0.15, 0.2) is 78.2 Å². The Labute approximate surface area is 207 Å². The number of nitrogens with one attached hydrogen (secondary N) is 2. The molecule has 0 saturated carbocycles. The highest BCUT2D eigenvalue weighted by Gasteiger charge is 2.24. The van der Waals surface area contributed by atoms with Crippen LogP contribution in [0.5, 0.6) is 0 Å². The van der Waals surface area contributed by atoms with Gasteiger partial charge in [0.05, 0.1) is 39.3 Å². The van der Waals surface area contributed by atoms with Crippen LogP contribution in [0.3, 0.4) is 0 Å². The summed E-state index contributed by atoms with van der Waals surface area (Å²) in [6.45, 7) is 3.54. The van der Waals surface area contributed by atoms with Gasteiger partial charge < -0.3 is 10.4 Å². The Morgan fingerprint density at radius 1 is 1.19 bits per heavy atom. The molecular weight excluding hydrogens is 478 g/mol. The topological polar surface area (TPSA) is 138 Å². The normalized spacial score (nSPS) is 13.6. The summed E-state index contributed by atoms with van der Waals surface area (Å²) in [6.07, 6.45) is 6.51. The van der Waals surface area contributed by atoms with E-state index in [1.54, 1.807) is 79.6 Å². The van der Waals surface area contributed by atoms with E-state index in [0.717, 1.165) is 5.39 Å². The molecule has 3 aromatic heterocycles. The van der Waals surface area contributed by atoms with Gasteiger partial charge in [-0.3, -0.25) is 9.48 Å². The molecule has 0 bridgehead atoms. The predicted molar refractivity (Wildman–Crippen MR) is 136 cm³/mol. The molecule has 1 atom stereocenters. The first-order chi connectivity index (χ1) is 17.1. The molecule has 5 rings (SSSR count). The smallest absolute Gasteiger partial charge is 0.261 e. The van der Waals surface area contributed by atoms with Crippen LogP contribution in [0.25, 0.3) is 16.6 Å². The molecule has 1 unspecified atom stereocenters. The number of anilines is 1. The molecule has 36 heavy (non-hydrogen) atoms. The zero-order valence-electron chi connectivity index (χ0n) is 19.8. The third-order valence-electron chi connectivity index (χ3n) is 5.85. The third-order valence-corrected chi connectivity index (χ3v) is 7.65. The van der Waals surface area contributed by atoms with Crippen LogP contribution in [0.4, 0.5) is 5.69 Å². The average Bonchev–Trinajstić information content (AvgIpc) is 3.46. The van der Waals surface area contributed by atoms with Gasteiger partial charge in [-0.15, -0.1) is 0 Å². The summed E-state index contributed by atoms with van der Waals surface area (Å²) >= 11 is 0. The largest absolute Gasteiger partial charge is 0.386 e. The lowest BCUT2D eigenvalue weighted by molar-refractivity contribution is 0.0794. The highest BCUT2D eigenvalue weighted by atomic mass is 32.2. The van der Waals surface area contributed by atoms with E-state index in [1.807, 2.05) is 6.07 Å². The fraction of sp³-hybridized carbons (Fsp3) is 0.200. The van der Waals surface area contributed by atoms with Gasteiger partial charge in [0.2, 0.25) is 0 Å². The number of fused-ring (bicyclic) bond motifs is 2. The van der Waals surface area contributed by atoms with Crippen molar-refractivity contribution in [2.24, 2.45) is 0 Å². The van der Waals surface area contributed by atoms with Gasteiger partial charge in [-0.1, -0.05) is 18.2 Å². The number of nitrogens with zero attached hydrogens (tertiary/aromatic N) is 5. The van der Waals surface area contributed by atoms with E-state index in [1.165, 1.54) is 10.7 Å². The number of aromatic nitrogens is 5. The van der Waals surface area contributed by atoms with Gasteiger partial charge in [0.25, 0.3) is 5.91 Å². The van der Waals surface area contributed by atoms with Gasteiger partial charge in [0, 0.05) is 40.1 Å². The highest BCUT2D eigenvalue weighted by molar-refractivity contribution is 7.92. The van der Waals surface area contributed by atoms with Crippen LogP contribution >= 0.6 is 0 Å². The molecule has 0 spiro atoms. The van der Waals surface area contributed by atoms with Crippen molar-refractivity contribution in [2.45, 2.75) is 30.9 Å². The minimum Gasteiger partial charge on any atom is -0.386 e. The first kappa shape index (κ1) is 23.6.